The zero-order valence-electron chi connectivity index (χ0n) is 20.3. The number of likely N-dealkylation sites (N-methyl/N-ethyl adjacent to an activating group) is 1. The predicted molar refractivity (Wildman–Crippen MR) is 139 cm³/mol. The lowest BCUT2D eigenvalue weighted by atomic mass is 9.96. The van der Waals surface area contributed by atoms with E-state index < -0.39 is 11.6 Å². The Morgan fingerprint density at radius 2 is 1.71 bits per heavy atom. The first-order chi connectivity index (χ1) is 16.9. The van der Waals surface area contributed by atoms with Gasteiger partial charge in [0, 0.05) is 11.8 Å². The second-order valence-corrected chi connectivity index (χ2v) is 12.3. The number of carbonyl (C=O) groups is 1. The van der Waals surface area contributed by atoms with Crippen molar-refractivity contribution in [3.63, 3.8) is 0 Å². The highest BCUT2D eigenvalue weighted by atomic mass is 32.1. The van der Waals surface area contributed by atoms with E-state index in [2.05, 4.69) is 26.2 Å². The summed E-state index contributed by atoms with van der Waals surface area (Å²) in [5.74, 6) is 0.290. The van der Waals surface area contributed by atoms with Crippen LogP contribution in [0.3, 0.4) is 0 Å². The fraction of sp³-hybridized carbons (Fsp3) is 0.464. The van der Waals surface area contributed by atoms with E-state index >= 15 is 0 Å². The highest BCUT2D eigenvalue weighted by molar-refractivity contribution is 7.12. The molecule has 0 amide bonds. The van der Waals surface area contributed by atoms with Crippen LogP contribution in [0.5, 0.6) is 0 Å². The third-order valence-electron chi connectivity index (χ3n) is 7.84. The van der Waals surface area contributed by atoms with Crippen LogP contribution in [0.25, 0.3) is 0 Å². The topological polar surface area (TPSA) is 55.8 Å². The van der Waals surface area contributed by atoms with Gasteiger partial charge >= 0.3 is 5.97 Å². The van der Waals surface area contributed by atoms with Gasteiger partial charge in [0.25, 0.3) is 0 Å². The Labute approximate surface area is 215 Å². The van der Waals surface area contributed by atoms with Gasteiger partial charge in [0.1, 0.15) is 12.6 Å². The molecule has 5 nitrogen and oxygen atoms in total. The number of benzene rings is 1. The number of nitrogens with zero attached hydrogens (tertiary/aromatic N) is 1. The Morgan fingerprint density at radius 1 is 1.03 bits per heavy atom. The van der Waals surface area contributed by atoms with Crippen molar-refractivity contribution >= 4 is 28.6 Å². The lowest BCUT2D eigenvalue weighted by Gasteiger charge is -2.39. The van der Waals surface area contributed by atoms with E-state index in [0.717, 1.165) is 23.9 Å². The third kappa shape index (κ3) is 4.85. The van der Waals surface area contributed by atoms with Crippen molar-refractivity contribution in [1.82, 2.24) is 0 Å². The van der Waals surface area contributed by atoms with Crippen LogP contribution in [0.2, 0.25) is 0 Å². The van der Waals surface area contributed by atoms with Crippen LogP contribution < -0.4 is 0 Å². The standard InChI is InChI=1S/C28H34NO4S2/c1-29(2,14-15-32-19-20-8-4-3-5-9-20)26-21-12-13-22(26)23(18-21)33-27(30)28(31,24-10-6-16-34-24)25-11-7-17-35-25/h3-11,16-17,21-23,26,31H,12-15,18-19H2,1-2H3/q+1. The summed E-state index contributed by atoms with van der Waals surface area (Å²) in [7, 11) is 4.55. The van der Waals surface area contributed by atoms with E-state index in [1.165, 1.54) is 34.7 Å². The van der Waals surface area contributed by atoms with Gasteiger partial charge in [-0.15, -0.1) is 22.7 Å². The molecule has 2 aliphatic carbocycles. The van der Waals surface area contributed by atoms with Crippen molar-refractivity contribution in [2.75, 3.05) is 27.2 Å². The molecule has 0 saturated heterocycles. The van der Waals surface area contributed by atoms with E-state index in [9.17, 15) is 9.90 Å². The molecular formula is C28H34NO4S2+. The van der Waals surface area contributed by atoms with Crippen molar-refractivity contribution in [3.8, 4) is 0 Å². The van der Waals surface area contributed by atoms with Crippen LogP contribution in [0.4, 0.5) is 0 Å². The summed E-state index contributed by atoms with van der Waals surface area (Å²) in [6, 6.07) is 18.0. The summed E-state index contributed by atoms with van der Waals surface area (Å²) in [6.07, 6.45) is 2.96. The molecule has 1 N–H and O–H groups in total. The SMILES string of the molecule is C[N+](C)(CCOCc1ccccc1)C1C2CCC1C(OC(=O)C(O)(c1cccs1)c1cccs1)C2. The molecule has 35 heavy (non-hydrogen) atoms. The number of esters is 1. The maximum absolute atomic E-state index is 13.5. The van der Waals surface area contributed by atoms with Crippen molar-refractivity contribution in [1.29, 1.82) is 0 Å². The second kappa shape index (κ2) is 10.1. The molecule has 2 aliphatic rings. The third-order valence-corrected chi connectivity index (χ3v) is 9.80. The summed E-state index contributed by atoms with van der Waals surface area (Å²) >= 11 is 2.77. The summed E-state index contributed by atoms with van der Waals surface area (Å²) in [6.45, 7) is 2.24. The largest absolute Gasteiger partial charge is 0.459 e. The number of quaternary nitrogens is 1. The van der Waals surface area contributed by atoms with Crippen LogP contribution >= 0.6 is 22.7 Å². The molecule has 0 spiro atoms. The van der Waals surface area contributed by atoms with Crippen molar-refractivity contribution in [3.05, 3.63) is 80.7 Å². The quantitative estimate of drug-likeness (QED) is 0.235. The van der Waals surface area contributed by atoms with E-state index in [-0.39, 0.29) is 6.10 Å². The molecule has 2 bridgehead atoms. The number of carbonyl (C=O) groups excluding carboxylic acids is 1. The molecule has 186 valence electrons. The van der Waals surface area contributed by atoms with E-state index in [1.807, 2.05) is 53.2 Å². The van der Waals surface area contributed by atoms with Gasteiger partial charge in [0.2, 0.25) is 5.60 Å². The summed E-state index contributed by atoms with van der Waals surface area (Å²) in [4.78, 5) is 14.7. The molecule has 1 aromatic carbocycles. The number of hydrogen-bond donors (Lipinski definition) is 1. The first kappa shape index (κ1) is 24.7. The molecule has 5 rings (SSSR count). The highest BCUT2D eigenvalue weighted by Crippen LogP contribution is 2.51. The average Bonchev–Trinajstić information content (AvgIpc) is 3.66. The van der Waals surface area contributed by atoms with E-state index in [4.69, 9.17) is 9.47 Å². The van der Waals surface area contributed by atoms with Gasteiger partial charge in [-0.25, -0.2) is 4.79 Å². The zero-order chi connectivity index (χ0) is 24.5. The van der Waals surface area contributed by atoms with Gasteiger partial charge in [-0.2, -0.15) is 0 Å². The lowest BCUT2D eigenvalue weighted by molar-refractivity contribution is -0.920. The van der Waals surface area contributed by atoms with Crippen molar-refractivity contribution in [2.45, 2.75) is 43.6 Å². The summed E-state index contributed by atoms with van der Waals surface area (Å²) in [5.41, 5.74) is -0.551. The Balaban J connectivity index is 1.23. The fourth-order valence-electron chi connectivity index (χ4n) is 6.19. The number of hydrogen-bond acceptors (Lipinski definition) is 6. The first-order valence-electron chi connectivity index (χ1n) is 12.4. The number of aliphatic hydroxyl groups is 1. The van der Waals surface area contributed by atoms with Gasteiger partial charge < -0.3 is 19.1 Å². The van der Waals surface area contributed by atoms with Crippen LogP contribution in [0.15, 0.2) is 65.4 Å². The average molecular weight is 513 g/mol. The van der Waals surface area contributed by atoms with Crippen molar-refractivity contribution in [2.24, 2.45) is 11.8 Å². The van der Waals surface area contributed by atoms with Crippen LogP contribution in [-0.2, 0) is 26.5 Å². The van der Waals surface area contributed by atoms with Gasteiger partial charge in [-0.1, -0.05) is 42.5 Å². The molecule has 2 heterocycles. The number of ether oxygens (including phenoxy) is 2. The minimum absolute atomic E-state index is 0.152. The molecule has 0 radical (unpaired) electrons. The Kier molecular flexibility index (Phi) is 7.15. The molecule has 4 unspecified atom stereocenters. The van der Waals surface area contributed by atoms with Gasteiger partial charge in [-0.3, -0.25) is 0 Å². The minimum atomic E-state index is -1.74. The van der Waals surface area contributed by atoms with Crippen molar-refractivity contribution < 1.29 is 23.9 Å². The smallest absolute Gasteiger partial charge is 0.349 e. The fourth-order valence-corrected chi connectivity index (χ4v) is 7.90. The summed E-state index contributed by atoms with van der Waals surface area (Å²) in [5, 5.41) is 15.4. The Morgan fingerprint density at radius 3 is 2.34 bits per heavy atom. The zero-order valence-corrected chi connectivity index (χ0v) is 22.0. The molecule has 2 fully saturated rings. The second-order valence-electron chi connectivity index (χ2n) is 10.4. The Hall–Kier alpha value is -2.03. The van der Waals surface area contributed by atoms with E-state index in [0.29, 0.717) is 40.8 Å². The van der Waals surface area contributed by atoms with E-state index in [1.54, 1.807) is 0 Å². The Bertz CT molecular complexity index is 1060. The van der Waals surface area contributed by atoms with Gasteiger partial charge in [0.15, 0.2) is 0 Å². The van der Waals surface area contributed by atoms with Crippen LogP contribution in [0, 0.1) is 11.8 Å². The van der Waals surface area contributed by atoms with Gasteiger partial charge in [-0.05, 0) is 47.7 Å². The maximum Gasteiger partial charge on any atom is 0.349 e. The number of rotatable bonds is 10. The lowest BCUT2D eigenvalue weighted by Crippen LogP contribution is -2.53. The molecular weight excluding hydrogens is 478 g/mol. The number of thiophene rings is 2. The van der Waals surface area contributed by atoms with Crippen LogP contribution in [0.1, 0.15) is 34.6 Å². The highest BCUT2D eigenvalue weighted by Gasteiger charge is 2.58. The normalized spacial score (nSPS) is 24.1. The molecule has 2 saturated carbocycles. The molecule has 4 atom stereocenters. The first-order valence-corrected chi connectivity index (χ1v) is 14.1. The minimum Gasteiger partial charge on any atom is -0.459 e. The molecule has 7 heteroatoms. The molecule has 3 aromatic rings. The monoisotopic (exact) mass is 512 g/mol. The maximum atomic E-state index is 13.5. The predicted octanol–water partition coefficient (Wildman–Crippen LogP) is 5.05. The van der Waals surface area contributed by atoms with Gasteiger partial charge in [0.05, 0.1) is 43.1 Å². The molecule has 2 aromatic heterocycles. The number of fused-ring (bicyclic) bond motifs is 2. The van der Waals surface area contributed by atoms with Crippen LogP contribution in [-0.4, -0.2) is 55.0 Å². The summed E-state index contributed by atoms with van der Waals surface area (Å²) < 4.78 is 13.0. The molecule has 0 aliphatic heterocycles.